The summed E-state index contributed by atoms with van der Waals surface area (Å²) in [7, 11) is -2.51. The summed E-state index contributed by atoms with van der Waals surface area (Å²) < 4.78 is 44.2. The molecule has 0 atom stereocenters. The Kier molecular flexibility index (Phi) is 7.38. The van der Waals surface area contributed by atoms with E-state index in [1.54, 1.807) is 30.3 Å². The lowest BCUT2D eigenvalue weighted by Gasteiger charge is -2.26. The van der Waals surface area contributed by atoms with Crippen LogP contribution in [0.1, 0.15) is 10.4 Å². The monoisotopic (exact) mass is 502 g/mol. The van der Waals surface area contributed by atoms with E-state index in [4.69, 9.17) is 25.8 Å². The first-order valence-corrected chi connectivity index (χ1v) is 12.3. The molecule has 1 aliphatic heterocycles. The number of methoxy groups -OCH3 is 1. The van der Waals surface area contributed by atoms with Crippen molar-refractivity contribution in [2.75, 3.05) is 38.7 Å². The van der Waals surface area contributed by atoms with Gasteiger partial charge in [-0.15, -0.1) is 0 Å². The number of morpholine rings is 1. The molecule has 0 aliphatic carbocycles. The third-order valence-electron chi connectivity index (χ3n) is 5.17. The van der Waals surface area contributed by atoms with Crippen LogP contribution in [0.4, 0.5) is 5.69 Å². The Bertz CT molecular complexity index is 1280. The average Bonchev–Trinajstić information content (AvgIpc) is 2.86. The zero-order valence-corrected chi connectivity index (χ0v) is 19.9. The van der Waals surface area contributed by atoms with E-state index in [1.807, 2.05) is 18.2 Å². The van der Waals surface area contributed by atoms with Crippen molar-refractivity contribution in [3.05, 3.63) is 77.3 Å². The van der Waals surface area contributed by atoms with Crippen LogP contribution in [0.5, 0.6) is 17.2 Å². The molecule has 1 heterocycles. The number of nitrogens with zero attached hydrogens (tertiary/aromatic N) is 1. The van der Waals surface area contributed by atoms with Crippen LogP contribution in [0, 0.1) is 0 Å². The number of amides is 1. The van der Waals surface area contributed by atoms with Gasteiger partial charge in [-0.05, 0) is 48.5 Å². The third-order valence-corrected chi connectivity index (χ3v) is 7.33. The van der Waals surface area contributed by atoms with E-state index in [0.29, 0.717) is 35.4 Å². The van der Waals surface area contributed by atoms with Crippen LogP contribution in [0.15, 0.2) is 71.6 Å². The number of para-hydroxylation sites is 1. The summed E-state index contributed by atoms with van der Waals surface area (Å²) >= 11 is 6.14. The quantitative estimate of drug-likeness (QED) is 0.514. The topological polar surface area (TPSA) is 94.2 Å². The fourth-order valence-corrected chi connectivity index (χ4v) is 5.21. The predicted octanol–water partition coefficient (Wildman–Crippen LogP) is 4.41. The summed E-state index contributed by atoms with van der Waals surface area (Å²) in [5.74, 6) is 0.599. The molecule has 1 aliphatic rings. The van der Waals surface area contributed by atoms with E-state index in [2.05, 4.69) is 5.32 Å². The Morgan fingerprint density at radius 3 is 2.41 bits per heavy atom. The molecule has 10 heteroatoms. The van der Waals surface area contributed by atoms with Gasteiger partial charge < -0.3 is 19.5 Å². The lowest BCUT2D eigenvalue weighted by Crippen LogP contribution is -2.40. The number of carbonyl (C=O) groups excluding carboxylic acids is 1. The van der Waals surface area contributed by atoms with Crippen molar-refractivity contribution in [3.8, 4) is 17.2 Å². The molecule has 8 nitrogen and oxygen atoms in total. The molecule has 1 amide bonds. The summed E-state index contributed by atoms with van der Waals surface area (Å²) in [5, 5.41) is 3.17. The van der Waals surface area contributed by atoms with Crippen molar-refractivity contribution in [1.29, 1.82) is 0 Å². The van der Waals surface area contributed by atoms with Crippen LogP contribution in [0.3, 0.4) is 0 Å². The summed E-state index contributed by atoms with van der Waals surface area (Å²) in [6, 6.07) is 18.2. The predicted molar refractivity (Wildman–Crippen MR) is 128 cm³/mol. The van der Waals surface area contributed by atoms with Crippen LogP contribution >= 0.6 is 11.6 Å². The Morgan fingerprint density at radius 1 is 1.00 bits per heavy atom. The van der Waals surface area contributed by atoms with Gasteiger partial charge >= 0.3 is 0 Å². The lowest BCUT2D eigenvalue weighted by atomic mass is 10.2. The number of halogens is 1. The normalized spacial score (nSPS) is 14.4. The number of hydrogen-bond acceptors (Lipinski definition) is 6. The van der Waals surface area contributed by atoms with E-state index in [9.17, 15) is 13.2 Å². The molecule has 3 aromatic rings. The molecule has 1 saturated heterocycles. The molecule has 0 unspecified atom stereocenters. The van der Waals surface area contributed by atoms with E-state index in [-0.39, 0.29) is 29.3 Å². The first-order valence-electron chi connectivity index (χ1n) is 10.5. The minimum atomic E-state index is -3.89. The van der Waals surface area contributed by atoms with Crippen molar-refractivity contribution >= 4 is 33.2 Å². The number of ether oxygens (including phenoxy) is 3. The smallest absolute Gasteiger partial charge is 0.255 e. The number of anilines is 1. The summed E-state index contributed by atoms with van der Waals surface area (Å²) in [4.78, 5) is 13.0. The van der Waals surface area contributed by atoms with Gasteiger partial charge in [0.15, 0.2) is 5.75 Å². The Hall–Kier alpha value is -3.11. The SMILES string of the molecule is COc1ccc(C(=O)Nc2cc(Cl)ccc2Oc2ccccc2)cc1S(=O)(=O)N1CCOCC1. The Morgan fingerprint density at radius 2 is 1.71 bits per heavy atom. The Balaban J connectivity index is 1.63. The molecule has 34 heavy (non-hydrogen) atoms. The molecule has 0 saturated carbocycles. The van der Waals surface area contributed by atoms with Gasteiger partial charge in [0.25, 0.3) is 5.91 Å². The first-order chi connectivity index (χ1) is 16.4. The molecule has 0 radical (unpaired) electrons. The fraction of sp³-hybridized carbons (Fsp3) is 0.208. The van der Waals surface area contributed by atoms with E-state index < -0.39 is 15.9 Å². The van der Waals surface area contributed by atoms with Crippen LogP contribution in [0.25, 0.3) is 0 Å². The lowest BCUT2D eigenvalue weighted by molar-refractivity contribution is 0.0729. The number of nitrogens with one attached hydrogen (secondary N) is 1. The first kappa shape index (κ1) is 24.0. The van der Waals surface area contributed by atoms with E-state index >= 15 is 0 Å². The van der Waals surface area contributed by atoms with Crippen molar-refractivity contribution < 1.29 is 27.4 Å². The number of carbonyl (C=O) groups is 1. The van der Waals surface area contributed by atoms with Crippen molar-refractivity contribution in [1.82, 2.24) is 4.31 Å². The molecular weight excluding hydrogens is 480 g/mol. The number of hydrogen-bond donors (Lipinski definition) is 1. The van der Waals surface area contributed by atoms with Crippen molar-refractivity contribution in [3.63, 3.8) is 0 Å². The highest BCUT2D eigenvalue weighted by atomic mass is 35.5. The molecule has 4 rings (SSSR count). The summed E-state index contributed by atoms with van der Waals surface area (Å²) in [5.41, 5.74) is 0.480. The van der Waals surface area contributed by atoms with Crippen LogP contribution in [0.2, 0.25) is 5.02 Å². The number of rotatable bonds is 7. The highest BCUT2D eigenvalue weighted by Gasteiger charge is 2.30. The minimum Gasteiger partial charge on any atom is -0.495 e. The summed E-state index contributed by atoms with van der Waals surface area (Å²) in [6.45, 7) is 1.07. The fourth-order valence-electron chi connectivity index (χ4n) is 3.44. The van der Waals surface area contributed by atoms with E-state index in [0.717, 1.165) is 0 Å². The summed E-state index contributed by atoms with van der Waals surface area (Å²) in [6.07, 6.45) is 0. The van der Waals surface area contributed by atoms with Gasteiger partial charge in [0.1, 0.15) is 16.4 Å². The van der Waals surface area contributed by atoms with E-state index in [1.165, 1.54) is 29.6 Å². The van der Waals surface area contributed by atoms with Gasteiger partial charge in [-0.3, -0.25) is 4.79 Å². The molecule has 3 aromatic carbocycles. The minimum absolute atomic E-state index is 0.0867. The second-order valence-electron chi connectivity index (χ2n) is 7.39. The van der Waals surface area contributed by atoms with Crippen LogP contribution in [-0.4, -0.2) is 52.0 Å². The molecule has 0 bridgehead atoms. The standard InChI is InChI=1S/C24H23ClN2O6S/c1-31-22-9-7-17(15-23(22)34(29,30)27-11-13-32-14-12-27)24(28)26-20-16-18(25)8-10-21(20)33-19-5-3-2-4-6-19/h2-10,15-16H,11-14H2,1H3,(H,26,28). The van der Waals surface area contributed by atoms with Gasteiger partial charge in [0.05, 0.1) is 26.0 Å². The molecule has 1 fully saturated rings. The maximum absolute atomic E-state index is 13.2. The second kappa shape index (κ2) is 10.4. The zero-order chi connectivity index (χ0) is 24.1. The van der Waals surface area contributed by atoms with Gasteiger partial charge in [0, 0.05) is 23.7 Å². The highest BCUT2D eigenvalue weighted by molar-refractivity contribution is 7.89. The second-order valence-corrected chi connectivity index (χ2v) is 9.73. The Labute approximate surface area is 203 Å². The number of benzene rings is 3. The molecule has 178 valence electrons. The molecule has 0 aromatic heterocycles. The van der Waals surface area contributed by atoms with Crippen molar-refractivity contribution in [2.45, 2.75) is 4.90 Å². The largest absolute Gasteiger partial charge is 0.495 e. The number of sulfonamides is 1. The molecular formula is C24H23ClN2O6S. The van der Waals surface area contributed by atoms with Crippen LogP contribution < -0.4 is 14.8 Å². The van der Waals surface area contributed by atoms with Gasteiger partial charge in [-0.25, -0.2) is 8.42 Å². The van der Waals surface area contributed by atoms with Crippen LogP contribution in [-0.2, 0) is 14.8 Å². The van der Waals surface area contributed by atoms with Gasteiger partial charge in [0.2, 0.25) is 10.0 Å². The molecule has 1 N–H and O–H groups in total. The third kappa shape index (κ3) is 5.34. The van der Waals surface area contributed by atoms with Crippen molar-refractivity contribution in [2.24, 2.45) is 0 Å². The zero-order valence-electron chi connectivity index (χ0n) is 18.4. The molecule has 0 spiro atoms. The van der Waals surface area contributed by atoms with Gasteiger partial charge in [-0.2, -0.15) is 4.31 Å². The average molecular weight is 503 g/mol. The van der Waals surface area contributed by atoms with Gasteiger partial charge in [-0.1, -0.05) is 29.8 Å². The maximum atomic E-state index is 13.2. The highest BCUT2D eigenvalue weighted by Crippen LogP contribution is 2.33. The maximum Gasteiger partial charge on any atom is 0.255 e.